The number of hydrogen-bond donors (Lipinski definition) is 3. The summed E-state index contributed by atoms with van der Waals surface area (Å²) in [5.74, 6) is 2.31. The first-order valence-electron chi connectivity index (χ1n) is 44.7. The van der Waals surface area contributed by atoms with Crippen LogP contribution in [0.1, 0.15) is 117 Å². The molecule has 8 aromatic carbocycles. The third-order valence-electron chi connectivity index (χ3n) is 19.9. The Morgan fingerprint density at radius 1 is 0.366 bits per heavy atom. The van der Waals surface area contributed by atoms with E-state index < -0.39 is 72.3 Å². The van der Waals surface area contributed by atoms with Gasteiger partial charge in [-0.05, 0) is 246 Å². The van der Waals surface area contributed by atoms with Crippen LogP contribution in [-0.4, -0.2) is 275 Å². The Labute approximate surface area is 789 Å². The number of para-hydroxylation sites is 4. The second-order valence-corrected chi connectivity index (χ2v) is 32.4. The highest BCUT2D eigenvalue weighted by molar-refractivity contribution is 5.86. The molecule has 3 N–H and O–H groups in total. The number of aliphatic hydroxyl groups excluding tert-OH is 3. The fourth-order valence-corrected chi connectivity index (χ4v) is 13.1. The second-order valence-electron chi connectivity index (χ2n) is 32.4. The second kappa shape index (κ2) is 66.2. The largest absolute Gasteiger partial charge is 0.497 e. The predicted molar refractivity (Wildman–Crippen MR) is 510 cm³/mol. The first-order chi connectivity index (χ1) is 64.2. The minimum atomic E-state index is -1.21. The van der Waals surface area contributed by atoms with Crippen LogP contribution in [0.25, 0.3) is 0 Å². The van der Waals surface area contributed by atoms with Gasteiger partial charge in [-0.25, -0.2) is 4.79 Å². The number of nitrogens with zero attached hydrogens (tertiary/aromatic N) is 5. The fraction of sp³-hybridized carbons (Fsp3) is 0.456. The topological polar surface area (TPSA) is 373 Å². The van der Waals surface area contributed by atoms with Crippen molar-refractivity contribution in [3.8, 4) is 46.0 Å². The molecule has 8 aromatic rings. The molecule has 0 fully saturated rings. The van der Waals surface area contributed by atoms with Crippen molar-refractivity contribution in [3.63, 3.8) is 0 Å². The van der Waals surface area contributed by atoms with Crippen molar-refractivity contribution in [1.82, 2.24) is 19.6 Å². The number of aryl methyl sites for hydroxylation is 8. The zero-order chi connectivity index (χ0) is 98.5. The van der Waals surface area contributed by atoms with Gasteiger partial charge in [-0.1, -0.05) is 121 Å². The van der Waals surface area contributed by atoms with Crippen molar-refractivity contribution in [2.24, 2.45) is 0 Å². The lowest BCUT2D eigenvalue weighted by Gasteiger charge is -2.22. The van der Waals surface area contributed by atoms with Crippen molar-refractivity contribution in [2.75, 3.05) is 157 Å². The van der Waals surface area contributed by atoms with Crippen LogP contribution in [0, 0.1) is 10.1 Å². The van der Waals surface area contributed by atoms with Crippen LogP contribution < -0.4 is 37.9 Å². The quantitative estimate of drug-likeness (QED) is 0.0105. The molecular weight excluding hydrogens is 1720 g/mol. The number of Topliss-reactive ketones (excluding diaryl/α,β-unsaturated/α-hetero) is 3. The maximum absolute atomic E-state index is 12.2. The smallest absolute Gasteiger partial charge is 0.445 e. The van der Waals surface area contributed by atoms with Gasteiger partial charge in [-0.2, -0.15) is 0 Å². The molecule has 8 rings (SSSR count). The highest BCUT2D eigenvalue weighted by Gasteiger charge is 2.26. The molecule has 134 heavy (non-hydrogen) atoms. The van der Waals surface area contributed by atoms with E-state index in [4.69, 9.17) is 67.1 Å². The van der Waals surface area contributed by atoms with Gasteiger partial charge in [0.05, 0.1) is 60.5 Å². The van der Waals surface area contributed by atoms with Gasteiger partial charge in [0.2, 0.25) is 0 Å². The zero-order valence-electron chi connectivity index (χ0n) is 80.4. The van der Waals surface area contributed by atoms with Crippen LogP contribution in [-0.2, 0) is 113 Å². The SMILES string of the molecule is CCOCO.COc1cccc(CCc2ccccc2OCC(CN(C)C)OC(=O)CCC(=O)C(C)O)c1.COc1cccc(CCc2ccccc2OCC(CN(C)C)OC(=O)CCC(=O)CO)c1.COc1cccc(CCc2ccccc2OCC(CN(C)C)OC(=O)CCC(=O)[N+](=O)[O-])c1.COc1cccc(CCc2ccccc2OCC(CN(C)C)OC(=O)CCC(C)=O)c1. The van der Waals surface area contributed by atoms with Crippen molar-refractivity contribution < 1.29 is 120 Å². The number of likely N-dealkylation sites (N-methyl/N-ethyl adjacent to an activating group) is 4. The summed E-state index contributed by atoms with van der Waals surface area (Å²) in [6, 6.07) is 63.2. The molecule has 0 aromatic heterocycles. The predicted octanol–water partition coefficient (Wildman–Crippen LogP) is 12.3. The van der Waals surface area contributed by atoms with Crippen molar-refractivity contribution in [3.05, 3.63) is 249 Å². The number of esters is 4. The summed E-state index contributed by atoms with van der Waals surface area (Å²) in [6.07, 6.45) is 2.72. The molecular formula is C103H139N5O26. The maximum Gasteiger partial charge on any atom is 0.445 e. The third kappa shape index (κ3) is 50.0. The minimum Gasteiger partial charge on any atom is -0.497 e. The van der Waals surface area contributed by atoms with Gasteiger partial charge in [-0.3, -0.25) is 38.9 Å². The van der Waals surface area contributed by atoms with Gasteiger partial charge in [0.1, 0.15) is 127 Å². The highest BCUT2D eigenvalue weighted by Crippen LogP contribution is 2.28. The van der Waals surface area contributed by atoms with E-state index in [0.29, 0.717) is 38.5 Å². The number of aliphatic hydroxyl groups is 3. The standard InChI is InChI=1S/C26H35NO6.C25H33NO6.C25H33NO5.C24H30N2O7.C3H8O2/c1-19(28)24(29)14-15-26(30)33-23(17-27(2)3)18-32-25-11-6-5-9-21(25)13-12-20-8-7-10-22(16-20)31-4;1-26(2)16-23(32-25(29)14-13-21(28)17-27)18-31-24-10-5-4-8-20(24)12-11-19-7-6-9-22(15-19)30-3;1-19(27)12-15-25(28)31-23(17-26(2)3)18-30-24-11-6-5-9-21(24)14-13-20-8-7-10-22(16-20)29-4;1-25(2)16-21(33-24(28)14-13-23(27)26(29)30)17-32-22-10-5-4-8-19(22)12-11-18-7-6-9-20(15-18)31-3;1-2-5-3-4/h5-11,16,19,23,28H,12-15,17-18H2,1-4H3;4-10,15,23,27H,11-14,16-18H2,1-3H3;5-11,16,23H,12-15,17-18H2,1-4H3;4-10,15,21H,11-14,16-17H2,1-3H3;4H,2-3H2,1H3. The van der Waals surface area contributed by atoms with Gasteiger partial charge in [0.15, 0.2) is 11.6 Å². The summed E-state index contributed by atoms with van der Waals surface area (Å²) in [5, 5.41) is 36.3. The summed E-state index contributed by atoms with van der Waals surface area (Å²) >= 11 is 0. The number of nitro groups is 1. The monoisotopic (exact) mass is 1860 g/mol. The molecule has 5 unspecified atom stereocenters. The number of hydrogen-bond acceptors (Lipinski definition) is 30. The molecule has 0 spiro atoms. The van der Waals surface area contributed by atoms with E-state index >= 15 is 0 Å². The molecule has 31 nitrogen and oxygen atoms in total. The number of amides is 1. The van der Waals surface area contributed by atoms with E-state index in [-0.39, 0.29) is 101 Å². The summed E-state index contributed by atoms with van der Waals surface area (Å²) in [4.78, 5) is 110. The van der Waals surface area contributed by atoms with Crippen molar-refractivity contribution in [2.45, 2.75) is 154 Å². The van der Waals surface area contributed by atoms with Crippen molar-refractivity contribution in [1.29, 1.82) is 0 Å². The van der Waals surface area contributed by atoms with Crippen LogP contribution in [0.15, 0.2) is 194 Å². The molecule has 0 saturated heterocycles. The molecule has 732 valence electrons. The van der Waals surface area contributed by atoms with Gasteiger partial charge in [0.25, 0.3) is 0 Å². The lowest BCUT2D eigenvalue weighted by atomic mass is 10.0. The number of ketones is 3. The van der Waals surface area contributed by atoms with Gasteiger partial charge >= 0.3 is 29.8 Å². The Kier molecular flexibility index (Phi) is 56.4. The van der Waals surface area contributed by atoms with Crippen LogP contribution >= 0.6 is 0 Å². The van der Waals surface area contributed by atoms with Crippen LogP contribution in [0.3, 0.4) is 0 Å². The molecule has 0 heterocycles. The number of carbonyl (C=O) groups is 8. The van der Waals surface area contributed by atoms with E-state index in [9.17, 15) is 53.6 Å². The minimum absolute atomic E-state index is 0.0256. The highest BCUT2D eigenvalue weighted by atomic mass is 16.6. The fourth-order valence-electron chi connectivity index (χ4n) is 13.1. The Balaban J connectivity index is 0.000000367. The molecule has 0 aliphatic heterocycles. The number of benzene rings is 8. The number of rotatable bonds is 56. The summed E-state index contributed by atoms with van der Waals surface area (Å²) in [7, 11) is 21.7. The zero-order valence-corrected chi connectivity index (χ0v) is 80.4. The molecule has 0 bridgehead atoms. The molecule has 0 aliphatic carbocycles. The molecule has 0 aliphatic rings. The van der Waals surface area contributed by atoms with E-state index in [1.165, 1.54) is 30.5 Å². The van der Waals surface area contributed by atoms with Gasteiger partial charge < -0.3 is 101 Å². The lowest BCUT2D eigenvalue weighted by Crippen LogP contribution is -2.35. The first-order valence-corrected chi connectivity index (χ1v) is 44.7. The normalized spacial score (nSPS) is 11.9. The number of ether oxygens (including phenoxy) is 13. The van der Waals surface area contributed by atoms with Crippen LogP contribution in [0.2, 0.25) is 0 Å². The molecule has 1 amide bonds. The number of methoxy groups -OCH3 is 4. The van der Waals surface area contributed by atoms with E-state index in [1.54, 1.807) is 28.4 Å². The van der Waals surface area contributed by atoms with Crippen LogP contribution in [0.5, 0.6) is 46.0 Å². The Hall–Kier alpha value is -12.2. The van der Waals surface area contributed by atoms with Crippen LogP contribution in [0.4, 0.5) is 0 Å². The lowest BCUT2D eigenvalue weighted by molar-refractivity contribution is -0.402. The van der Waals surface area contributed by atoms with Gasteiger partial charge in [0, 0.05) is 52.0 Å². The molecule has 5 atom stereocenters. The average Bonchev–Trinajstić information content (AvgIpc) is 0.871. The Morgan fingerprint density at radius 3 is 0.866 bits per heavy atom. The summed E-state index contributed by atoms with van der Waals surface area (Å²) < 4.78 is 71.8. The Morgan fingerprint density at radius 2 is 0.634 bits per heavy atom. The summed E-state index contributed by atoms with van der Waals surface area (Å²) in [5.41, 5.74) is 8.94. The number of carbonyl (C=O) groups excluding carboxylic acids is 8. The average molecular weight is 1860 g/mol. The van der Waals surface area contributed by atoms with E-state index in [1.807, 2.05) is 253 Å². The molecule has 0 saturated carbocycles. The van der Waals surface area contributed by atoms with E-state index in [0.717, 1.165) is 119 Å². The van der Waals surface area contributed by atoms with Gasteiger partial charge in [-0.15, -0.1) is 0 Å². The van der Waals surface area contributed by atoms with E-state index in [2.05, 4.69) is 29.0 Å². The maximum atomic E-state index is 12.2. The van der Waals surface area contributed by atoms with Crippen molar-refractivity contribution >= 4 is 47.1 Å². The molecule has 31 heteroatoms. The third-order valence-corrected chi connectivity index (χ3v) is 19.9. The summed E-state index contributed by atoms with van der Waals surface area (Å²) in [6.45, 7) is 7.25. The molecule has 0 radical (unpaired) electrons. The Bertz CT molecular complexity index is 4790. The first kappa shape index (κ1) is 114.